The van der Waals surface area contributed by atoms with Crippen molar-refractivity contribution in [1.82, 2.24) is 4.90 Å². The Hall–Kier alpha value is -3.68. The molecule has 0 atom stereocenters. The van der Waals surface area contributed by atoms with E-state index in [-0.39, 0.29) is 12.5 Å². The number of hydrogen-bond donors (Lipinski definition) is 0. The summed E-state index contributed by atoms with van der Waals surface area (Å²) >= 11 is 4.76. The van der Waals surface area contributed by atoms with Gasteiger partial charge in [-0.25, -0.2) is 0 Å². The molecule has 1 saturated heterocycles. The molecule has 0 spiro atoms. The van der Waals surface area contributed by atoms with Gasteiger partial charge >= 0.3 is 0 Å². The molecule has 2 heterocycles. The zero-order valence-corrected chi connectivity index (χ0v) is 20.9. The molecule has 1 aliphatic heterocycles. The Morgan fingerprint density at radius 3 is 2.43 bits per heavy atom. The average Bonchev–Trinajstić information content (AvgIpc) is 3.50. The van der Waals surface area contributed by atoms with Crippen LogP contribution in [0.25, 0.3) is 17.2 Å². The van der Waals surface area contributed by atoms with E-state index in [0.717, 1.165) is 26.7 Å². The van der Waals surface area contributed by atoms with Crippen LogP contribution in [0.4, 0.5) is 0 Å². The summed E-state index contributed by atoms with van der Waals surface area (Å²) in [7, 11) is 0. The SMILES string of the molecule is O=C1/C(=C/c2ccc(-c3ccccc3)cc2)S/C(=N/N=C\c2cccc(Br)c2)N1Cc1ccco1. The number of carbonyl (C=O) groups is 1. The quantitative estimate of drug-likeness (QED) is 0.147. The minimum absolute atomic E-state index is 0.130. The zero-order valence-electron chi connectivity index (χ0n) is 18.5. The minimum atomic E-state index is -0.130. The van der Waals surface area contributed by atoms with Gasteiger partial charge in [-0.3, -0.25) is 9.69 Å². The largest absolute Gasteiger partial charge is 0.467 e. The molecule has 4 aromatic rings. The maximum Gasteiger partial charge on any atom is 0.267 e. The molecule has 0 N–H and O–H groups in total. The number of carbonyl (C=O) groups excluding carboxylic acids is 1. The molecule has 7 heteroatoms. The normalized spacial score (nSPS) is 16.1. The van der Waals surface area contributed by atoms with Gasteiger partial charge < -0.3 is 4.42 Å². The predicted molar refractivity (Wildman–Crippen MR) is 146 cm³/mol. The predicted octanol–water partition coefficient (Wildman–Crippen LogP) is 7.22. The van der Waals surface area contributed by atoms with Crippen molar-refractivity contribution in [1.29, 1.82) is 0 Å². The monoisotopic (exact) mass is 541 g/mol. The molecule has 1 aliphatic rings. The molecule has 1 fully saturated rings. The van der Waals surface area contributed by atoms with Crippen molar-refractivity contribution >= 4 is 51.1 Å². The first-order valence-corrected chi connectivity index (χ1v) is 12.5. The van der Waals surface area contributed by atoms with Gasteiger partial charge in [0.05, 0.1) is 23.9 Å². The fourth-order valence-electron chi connectivity index (χ4n) is 3.57. The number of amidine groups is 1. The first-order chi connectivity index (χ1) is 17.2. The van der Waals surface area contributed by atoms with Crippen LogP contribution in [0.3, 0.4) is 0 Å². The first kappa shape index (κ1) is 23.1. The average molecular weight is 542 g/mol. The van der Waals surface area contributed by atoms with Gasteiger partial charge in [-0.1, -0.05) is 82.7 Å². The van der Waals surface area contributed by atoms with Crippen LogP contribution in [-0.4, -0.2) is 22.2 Å². The summed E-state index contributed by atoms with van der Waals surface area (Å²) < 4.78 is 6.43. The molecule has 1 amide bonds. The Kier molecular flexibility index (Phi) is 7.07. The van der Waals surface area contributed by atoms with Crippen molar-refractivity contribution < 1.29 is 9.21 Å². The molecule has 0 aliphatic carbocycles. The van der Waals surface area contributed by atoms with Crippen LogP contribution in [-0.2, 0) is 11.3 Å². The third kappa shape index (κ3) is 5.70. The summed E-state index contributed by atoms with van der Waals surface area (Å²) in [6.45, 7) is 0.286. The second-order valence-electron chi connectivity index (χ2n) is 7.75. The second-order valence-corrected chi connectivity index (χ2v) is 9.68. The molecule has 0 radical (unpaired) electrons. The van der Waals surface area contributed by atoms with E-state index in [4.69, 9.17) is 4.42 Å². The molecular weight excluding hydrogens is 522 g/mol. The highest BCUT2D eigenvalue weighted by Gasteiger charge is 2.34. The van der Waals surface area contributed by atoms with E-state index < -0.39 is 0 Å². The van der Waals surface area contributed by atoms with Gasteiger partial charge in [0.15, 0.2) is 5.17 Å². The maximum atomic E-state index is 13.3. The van der Waals surface area contributed by atoms with Gasteiger partial charge in [0.2, 0.25) is 0 Å². The van der Waals surface area contributed by atoms with Crippen molar-refractivity contribution in [3.63, 3.8) is 0 Å². The highest BCUT2D eigenvalue weighted by Crippen LogP contribution is 2.34. The fourth-order valence-corrected chi connectivity index (χ4v) is 4.92. The first-order valence-electron chi connectivity index (χ1n) is 10.9. The number of thioether (sulfide) groups is 1. The molecule has 0 saturated carbocycles. The number of halogens is 1. The van der Waals surface area contributed by atoms with Crippen molar-refractivity contribution in [3.05, 3.63) is 124 Å². The number of furan rings is 1. The highest BCUT2D eigenvalue weighted by molar-refractivity contribution is 9.10. The number of hydrogen-bond acceptors (Lipinski definition) is 5. The number of nitrogens with zero attached hydrogens (tertiary/aromatic N) is 3. The van der Waals surface area contributed by atoms with Crippen LogP contribution in [0, 0.1) is 0 Å². The van der Waals surface area contributed by atoms with Gasteiger partial charge in [-0.05, 0) is 64.4 Å². The molecule has 0 unspecified atom stereocenters. The Balaban J connectivity index is 1.40. The fraction of sp³-hybridized carbons (Fsp3) is 0.0357. The van der Waals surface area contributed by atoms with Crippen LogP contribution in [0.5, 0.6) is 0 Å². The number of benzene rings is 3. The molecule has 0 bridgehead atoms. The van der Waals surface area contributed by atoms with E-state index in [9.17, 15) is 4.79 Å². The summed E-state index contributed by atoms with van der Waals surface area (Å²) in [5.74, 6) is 0.547. The van der Waals surface area contributed by atoms with Crippen LogP contribution in [0.2, 0.25) is 0 Å². The standard InChI is InChI=1S/C28H20BrN3O2S/c29-24-9-4-6-21(16-24)18-30-31-28-32(19-25-10-5-15-34-25)27(33)26(35-28)17-20-11-13-23(14-12-20)22-7-2-1-3-8-22/h1-18H,19H2/b26-17-,30-18-,31-28+. The van der Waals surface area contributed by atoms with Crippen molar-refractivity contribution in [2.75, 3.05) is 0 Å². The molecule has 35 heavy (non-hydrogen) atoms. The number of rotatable bonds is 6. The highest BCUT2D eigenvalue weighted by atomic mass is 79.9. The molecule has 5 nitrogen and oxygen atoms in total. The summed E-state index contributed by atoms with van der Waals surface area (Å²) in [5.41, 5.74) is 4.13. The summed E-state index contributed by atoms with van der Waals surface area (Å²) in [4.78, 5) is 15.4. The van der Waals surface area contributed by atoms with Gasteiger partial charge in [0.25, 0.3) is 5.91 Å². The van der Waals surface area contributed by atoms with Crippen molar-refractivity contribution in [2.45, 2.75) is 6.54 Å². The third-order valence-electron chi connectivity index (χ3n) is 5.30. The van der Waals surface area contributed by atoms with Gasteiger partial charge in [-0.2, -0.15) is 5.10 Å². The van der Waals surface area contributed by atoms with Crippen LogP contribution < -0.4 is 0 Å². The Morgan fingerprint density at radius 1 is 0.886 bits per heavy atom. The number of amides is 1. The zero-order chi connectivity index (χ0) is 24.0. The van der Waals surface area contributed by atoms with Crippen LogP contribution >= 0.6 is 27.7 Å². The summed E-state index contributed by atoms with van der Waals surface area (Å²) in [6, 6.07) is 29.7. The second kappa shape index (κ2) is 10.7. The molecule has 5 rings (SSSR count). The van der Waals surface area contributed by atoms with E-state index in [1.807, 2.05) is 66.7 Å². The summed E-state index contributed by atoms with van der Waals surface area (Å²) in [6.07, 6.45) is 5.14. The molecule has 1 aromatic heterocycles. The lowest BCUT2D eigenvalue weighted by Crippen LogP contribution is -2.28. The lowest BCUT2D eigenvalue weighted by molar-refractivity contribution is -0.122. The van der Waals surface area contributed by atoms with Crippen LogP contribution in [0.1, 0.15) is 16.9 Å². The van der Waals surface area contributed by atoms with Crippen molar-refractivity contribution in [3.8, 4) is 11.1 Å². The van der Waals surface area contributed by atoms with Gasteiger partial charge in [-0.15, -0.1) is 5.10 Å². The Labute approximate surface area is 216 Å². The molecule has 172 valence electrons. The minimum Gasteiger partial charge on any atom is -0.467 e. The topological polar surface area (TPSA) is 58.2 Å². The third-order valence-corrected chi connectivity index (χ3v) is 6.79. The van der Waals surface area contributed by atoms with Gasteiger partial charge in [0, 0.05) is 4.47 Å². The lowest BCUT2D eigenvalue weighted by Gasteiger charge is -2.12. The smallest absolute Gasteiger partial charge is 0.267 e. The summed E-state index contributed by atoms with van der Waals surface area (Å²) in [5, 5.41) is 9.10. The maximum absolute atomic E-state index is 13.3. The Bertz CT molecular complexity index is 1410. The van der Waals surface area contributed by atoms with Gasteiger partial charge in [0.1, 0.15) is 5.76 Å². The Morgan fingerprint density at radius 2 is 1.69 bits per heavy atom. The molecule has 3 aromatic carbocycles. The van der Waals surface area contributed by atoms with E-state index in [1.165, 1.54) is 11.8 Å². The van der Waals surface area contributed by atoms with Crippen LogP contribution in [0.15, 0.2) is 121 Å². The van der Waals surface area contributed by atoms with E-state index in [0.29, 0.717) is 15.8 Å². The van der Waals surface area contributed by atoms with Crippen molar-refractivity contribution in [2.24, 2.45) is 10.2 Å². The van der Waals surface area contributed by atoms with E-state index in [1.54, 1.807) is 23.4 Å². The van der Waals surface area contributed by atoms with E-state index in [2.05, 4.69) is 50.4 Å². The lowest BCUT2D eigenvalue weighted by atomic mass is 10.0. The molecular formula is C28H20BrN3O2S. The van der Waals surface area contributed by atoms with E-state index >= 15 is 0 Å².